The maximum Gasteiger partial charge on any atom is 0.252 e. The molecule has 6 nitrogen and oxygen atoms in total. The molecule has 0 bridgehead atoms. The van der Waals surface area contributed by atoms with Crippen molar-refractivity contribution >= 4 is 23.2 Å². The molecular formula is C17H23N3O3. The highest BCUT2D eigenvalue weighted by molar-refractivity contribution is 6.09. The van der Waals surface area contributed by atoms with Crippen molar-refractivity contribution in [2.45, 2.75) is 38.3 Å². The number of rotatable bonds is 4. The molecular weight excluding hydrogens is 294 g/mol. The molecule has 0 aromatic heterocycles. The fourth-order valence-corrected chi connectivity index (χ4v) is 3.04. The standard InChI is InChI=1S/C17H23N3O3/c1-17(2)16(22)20(14-8-4-3-7-13(14)19-17)11-15(21)18-10-12-6-5-9-23-12/h3-4,7-8,12,19H,5-6,9-11H2,1-2H3,(H,18,21). The summed E-state index contributed by atoms with van der Waals surface area (Å²) in [6, 6.07) is 7.54. The average Bonchev–Trinajstić information content (AvgIpc) is 3.03. The fourth-order valence-electron chi connectivity index (χ4n) is 3.04. The zero-order valence-corrected chi connectivity index (χ0v) is 13.6. The predicted molar refractivity (Wildman–Crippen MR) is 88.5 cm³/mol. The van der Waals surface area contributed by atoms with Crippen molar-refractivity contribution in [1.29, 1.82) is 0 Å². The van der Waals surface area contributed by atoms with Gasteiger partial charge in [-0.15, -0.1) is 0 Å². The van der Waals surface area contributed by atoms with Crippen LogP contribution in [0.4, 0.5) is 11.4 Å². The average molecular weight is 317 g/mol. The van der Waals surface area contributed by atoms with Gasteiger partial charge in [0.15, 0.2) is 0 Å². The molecule has 1 aromatic carbocycles. The second-order valence-corrected chi connectivity index (χ2v) is 6.60. The van der Waals surface area contributed by atoms with Crippen LogP contribution in [-0.4, -0.2) is 43.2 Å². The Balaban J connectivity index is 1.70. The number of hydrogen-bond donors (Lipinski definition) is 2. The Kier molecular flexibility index (Phi) is 4.26. The minimum atomic E-state index is -0.733. The van der Waals surface area contributed by atoms with Crippen molar-refractivity contribution in [1.82, 2.24) is 5.32 Å². The maximum absolute atomic E-state index is 12.7. The van der Waals surface area contributed by atoms with E-state index >= 15 is 0 Å². The van der Waals surface area contributed by atoms with Gasteiger partial charge in [-0.25, -0.2) is 0 Å². The first-order valence-electron chi connectivity index (χ1n) is 8.05. The zero-order valence-electron chi connectivity index (χ0n) is 13.6. The third kappa shape index (κ3) is 3.32. The summed E-state index contributed by atoms with van der Waals surface area (Å²) in [5, 5.41) is 6.10. The van der Waals surface area contributed by atoms with E-state index in [2.05, 4.69) is 10.6 Å². The Morgan fingerprint density at radius 1 is 1.43 bits per heavy atom. The molecule has 0 aliphatic carbocycles. The number of carbonyl (C=O) groups is 2. The quantitative estimate of drug-likeness (QED) is 0.883. The largest absolute Gasteiger partial charge is 0.376 e. The van der Waals surface area contributed by atoms with Crippen LogP contribution in [0.25, 0.3) is 0 Å². The van der Waals surface area contributed by atoms with Gasteiger partial charge in [-0.05, 0) is 38.8 Å². The molecule has 6 heteroatoms. The van der Waals surface area contributed by atoms with Gasteiger partial charge in [0.25, 0.3) is 5.91 Å². The summed E-state index contributed by atoms with van der Waals surface area (Å²) >= 11 is 0. The summed E-state index contributed by atoms with van der Waals surface area (Å²) in [5.74, 6) is -0.273. The monoisotopic (exact) mass is 317 g/mol. The molecule has 1 aromatic rings. The number of ether oxygens (including phenoxy) is 1. The number of anilines is 2. The van der Waals surface area contributed by atoms with Gasteiger partial charge in [0.2, 0.25) is 5.91 Å². The van der Waals surface area contributed by atoms with Gasteiger partial charge in [-0.2, -0.15) is 0 Å². The van der Waals surface area contributed by atoms with Crippen molar-refractivity contribution in [3.63, 3.8) is 0 Å². The van der Waals surface area contributed by atoms with Gasteiger partial charge in [-0.1, -0.05) is 12.1 Å². The van der Waals surface area contributed by atoms with Crippen LogP contribution < -0.4 is 15.5 Å². The number of hydrogen-bond acceptors (Lipinski definition) is 4. The number of carbonyl (C=O) groups excluding carboxylic acids is 2. The molecule has 0 spiro atoms. The van der Waals surface area contributed by atoms with Gasteiger partial charge in [0, 0.05) is 13.2 Å². The zero-order chi connectivity index (χ0) is 16.4. The third-order valence-corrected chi connectivity index (χ3v) is 4.27. The van der Waals surface area contributed by atoms with Gasteiger partial charge in [0.1, 0.15) is 12.1 Å². The minimum absolute atomic E-state index is 0.0215. The maximum atomic E-state index is 12.7. The fraction of sp³-hybridized carbons (Fsp3) is 0.529. The normalized spacial score (nSPS) is 22.4. The number of nitrogens with one attached hydrogen (secondary N) is 2. The van der Waals surface area contributed by atoms with E-state index in [1.165, 1.54) is 0 Å². The van der Waals surface area contributed by atoms with Crippen LogP contribution in [0, 0.1) is 0 Å². The highest BCUT2D eigenvalue weighted by Gasteiger charge is 2.39. The molecule has 3 rings (SSSR count). The van der Waals surface area contributed by atoms with E-state index in [1.54, 1.807) is 4.90 Å². The molecule has 2 heterocycles. The number of amides is 2. The van der Waals surface area contributed by atoms with Crippen LogP contribution in [0.15, 0.2) is 24.3 Å². The number of benzene rings is 1. The van der Waals surface area contributed by atoms with Gasteiger partial charge in [-0.3, -0.25) is 14.5 Å². The first-order valence-corrected chi connectivity index (χ1v) is 8.05. The van der Waals surface area contributed by atoms with Crippen LogP contribution in [-0.2, 0) is 14.3 Å². The molecule has 1 fully saturated rings. The minimum Gasteiger partial charge on any atom is -0.376 e. The number of nitrogens with zero attached hydrogens (tertiary/aromatic N) is 1. The lowest BCUT2D eigenvalue weighted by Crippen LogP contribution is -2.56. The number of para-hydroxylation sites is 2. The summed E-state index contributed by atoms with van der Waals surface area (Å²) in [4.78, 5) is 26.5. The van der Waals surface area contributed by atoms with Crippen molar-refractivity contribution in [2.24, 2.45) is 0 Å². The topological polar surface area (TPSA) is 70.7 Å². The second-order valence-electron chi connectivity index (χ2n) is 6.60. The molecule has 1 unspecified atom stereocenters. The van der Waals surface area contributed by atoms with Crippen LogP contribution in [0.5, 0.6) is 0 Å². The molecule has 0 saturated carbocycles. The summed E-state index contributed by atoms with van der Waals surface area (Å²) in [5.41, 5.74) is 0.872. The SMILES string of the molecule is CC1(C)Nc2ccccc2N(CC(=O)NCC2CCCO2)C1=O. The van der Waals surface area contributed by atoms with Crippen LogP contribution in [0.1, 0.15) is 26.7 Å². The lowest BCUT2D eigenvalue weighted by Gasteiger charge is -2.39. The van der Waals surface area contributed by atoms with Crippen molar-refractivity contribution in [3.8, 4) is 0 Å². The Morgan fingerprint density at radius 3 is 2.96 bits per heavy atom. The van der Waals surface area contributed by atoms with E-state index in [4.69, 9.17) is 4.74 Å². The van der Waals surface area contributed by atoms with E-state index in [0.717, 1.165) is 30.8 Å². The van der Waals surface area contributed by atoms with Crippen LogP contribution in [0.3, 0.4) is 0 Å². The lowest BCUT2D eigenvalue weighted by molar-refractivity contribution is -0.126. The Hall–Kier alpha value is -2.08. The molecule has 2 amide bonds. The van der Waals surface area contributed by atoms with Gasteiger partial charge < -0.3 is 15.4 Å². The van der Waals surface area contributed by atoms with E-state index in [9.17, 15) is 9.59 Å². The van der Waals surface area contributed by atoms with Crippen LogP contribution >= 0.6 is 0 Å². The van der Waals surface area contributed by atoms with E-state index < -0.39 is 5.54 Å². The summed E-state index contributed by atoms with van der Waals surface area (Å²) in [6.45, 7) is 4.93. The Morgan fingerprint density at radius 2 is 2.22 bits per heavy atom. The van der Waals surface area contributed by atoms with E-state index in [0.29, 0.717) is 6.54 Å². The van der Waals surface area contributed by atoms with E-state index in [1.807, 2.05) is 38.1 Å². The third-order valence-electron chi connectivity index (χ3n) is 4.27. The molecule has 1 saturated heterocycles. The first-order chi connectivity index (χ1) is 11.0. The molecule has 1 atom stereocenters. The molecule has 124 valence electrons. The van der Waals surface area contributed by atoms with Crippen molar-refractivity contribution in [3.05, 3.63) is 24.3 Å². The molecule has 0 radical (unpaired) electrons. The molecule has 2 aliphatic rings. The summed E-state index contributed by atoms with van der Waals surface area (Å²) in [7, 11) is 0. The Labute approximate surface area is 136 Å². The van der Waals surface area contributed by atoms with Crippen LogP contribution in [0.2, 0.25) is 0 Å². The molecule has 23 heavy (non-hydrogen) atoms. The van der Waals surface area contributed by atoms with Crippen molar-refractivity contribution < 1.29 is 14.3 Å². The second kappa shape index (κ2) is 6.20. The lowest BCUT2D eigenvalue weighted by atomic mass is 9.98. The van der Waals surface area contributed by atoms with Gasteiger partial charge >= 0.3 is 0 Å². The smallest absolute Gasteiger partial charge is 0.252 e. The summed E-state index contributed by atoms with van der Waals surface area (Å²) in [6.07, 6.45) is 2.11. The van der Waals surface area contributed by atoms with Gasteiger partial charge in [0.05, 0.1) is 17.5 Å². The number of fused-ring (bicyclic) bond motifs is 1. The predicted octanol–water partition coefficient (Wildman–Crippen LogP) is 1.52. The highest BCUT2D eigenvalue weighted by Crippen LogP contribution is 2.34. The first kappa shape index (κ1) is 15.8. The summed E-state index contributed by atoms with van der Waals surface area (Å²) < 4.78 is 5.50. The highest BCUT2D eigenvalue weighted by atomic mass is 16.5. The molecule has 2 aliphatic heterocycles. The van der Waals surface area contributed by atoms with E-state index in [-0.39, 0.29) is 24.5 Å². The Bertz CT molecular complexity index is 609. The van der Waals surface area contributed by atoms with Crippen molar-refractivity contribution in [2.75, 3.05) is 29.9 Å². The molecule has 2 N–H and O–H groups in total.